The van der Waals surface area contributed by atoms with Crippen molar-refractivity contribution in [3.05, 3.63) is 64.2 Å². The first-order valence-corrected chi connectivity index (χ1v) is 10.7. The second kappa shape index (κ2) is 7.97. The molecule has 0 bridgehead atoms. The van der Waals surface area contributed by atoms with Gasteiger partial charge in [-0.1, -0.05) is 24.3 Å². The van der Waals surface area contributed by atoms with Crippen LogP contribution in [0.1, 0.15) is 23.2 Å². The molecule has 0 saturated carbocycles. The van der Waals surface area contributed by atoms with E-state index in [-0.39, 0.29) is 16.8 Å². The van der Waals surface area contributed by atoms with Crippen molar-refractivity contribution in [3.63, 3.8) is 0 Å². The SMILES string of the molecule is CS(=O)(=O)c1cccc(N2CCC(NC(=O)c3ccccc3)CC2)c1[N+](=O)[O-]. The molecule has 0 unspecified atom stereocenters. The van der Waals surface area contributed by atoms with Gasteiger partial charge >= 0.3 is 5.69 Å². The number of hydrogen-bond donors (Lipinski definition) is 1. The molecule has 0 atom stereocenters. The van der Waals surface area contributed by atoms with Crippen LogP contribution in [0.2, 0.25) is 0 Å². The van der Waals surface area contributed by atoms with Gasteiger partial charge in [-0.3, -0.25) is 14.9 Å². The van der Waals surface area contributed by atoms with E-state index < -0.39 is 20.4 Å². The molecule has 1 amide bonds. The van der Waals surface area contributed by atoms with Crippen LogP contribution in [0, 0.1) is 10.1 Å². The number of carbonyl (C=O) groups is 1. The maximum Gasteiger partial charge on any atom is 0.311 e. The highest BCUT2D eigenvalue weighted by atomic mass is 32.2. The third kappa shape index (κ3) is 4.30. The molecule has 8 nitrogen and oxygen atoms in total. The molecular weight excluding hydrogens is 382 g/mol. The molecule has 1 fully saturated rings. The minimum atomic E-state index is -3.72. The second-order valence-corrected chi connectivity index (χ2v) is 8.74. The van der Waals surface area contributed by atoms with Crippen molar-refractivity contribution in [2.75, 3.05) is 24.2 Å². The minimum Gasteiger partial charge on any atom is -0.366 e. The van der Waals surface area contributed by atoms with Crippen LogP contribution in [0.5, 0.6) is 0 Å². The highest BCUT2D eigenvalue weighted by Crippen LogP contribution is 2.35. The monoisotopic (exact) mass is 403 g/mol. The number of benzene rings is 2. The Balaban J connectivity index is 1.73. The molecule has 1 aliphatic heterocycles. The van der Waals surface area contributed by atoms with Crippen LogP contribution in [0.3, 0.4) is 0 Å². The first-order valence-electron chi connectivity index (χ1n) is 8.85. The lowest BCUT2D eigenvalue weighted by atomic mass is 10.0. The fourth-order valence-corrected chi connectivity index (χ4v) is 4.23. The largest absolute Gasteiger partial charge is 0.366 e. The molecule has 1 N–H and O–H groups in total. The highest BCUT2D eigenvalue weighted by Gasteiger charge is 2.31. The van der Waals surface area contributed by atoms with Gasteiger partial charge in [-0.25, -0.2) is 8.42 Å². The van der Waals surface area contributed by atoms with E-state index in [1.165, 1.54) is 12.1 Å². The molecule has 148 valence electrons. The van der Waals surface area contributed by atoms with E-state index in [0.717, 1.165) is 6.26 Å². The Labute approximate surface area is 163 Å². The number of para-hydroxylation sites is 1. The number of sulfone groups is 1. The zero-order chi connectivity index (χ0) is 20.3. The van der Waals surface area contributed by atoms with E-state index in [2.05, 4.69) is 5.32 Å². The number of hydrogen-bond acceptors (Lipinski definition) is 6. The Bertz CT molecular complexity index is 984. The Hall–Kier alpha value is -2.94. The van der Waals surface area contributed by atoms with E-state index >= 15 is 0 Å². The number of rotatable bonds is 5. The topological polar surface area (TPSA) is 110 Å². The predicted molar refractivity (Wildman–Crippen MR) is 105 cm³/mol. The smallest absolute Gasteiger partial charge is 0.311 e. The van der Waals surface area contributed by atoms with Gasteiger partial charge in [0.1, 0.15) is 10.6 Å². The van der Waals surface area contributed by atoms with Crippen molar-refractivity contribution in [1.29, 1.82) is 0 Å². The van der Waals surface area contributed by atoms with Crippen molar-refractivity contribution in [2.45, 2.75) is 23.8 Å². The average molecular weight is 403 g/mol. The van der Waals surface area contributed by atoms with Gasteiger partial charge in [-0.05, 0) is 37.1 Å². The molecule has 3 rings (SSSR count). The first-order chi connectivity index (χ1) is 13.3. The van der Waals surface area contributed by atoms with Crippen LogP contribution in [0.25, 0.3) is 0 Å². The van der Waals surface area contributed by atoms with Gasteiger partial charge in [0, 0.05) is 31.0 Å². The number of nitrogens with one attached hydrogen (secondary N) is 1. The number of nitro groups is 1. The van der Waals surface area contributed by atoms with Gasteiger partial charge in [-0.15, -0.1) is 0 Å². The lowest BCUT2D eigenvalue weighted by molar-refractivity contribution is -0.387. The summed E-state index contributed by atoms with van der Waals surface area (Å²) in [5.41, 5.74) is 0.485. The van der Waals surface area contributed by atoms with Gasteiger partial charge in [0.25, 0.3) is 5.91 Å². The van der Waals surface area contributed by atoms with Crippen molar-refractivity contribution < 1.29 is 18.1 Å². The van der Waals surface area contributed by atoms with E-state index in [4.69, 9.17) is 0 Å². The Morgan fingerprint density at radius 2 is 1.75 bits per heavy atom. The van der Waals surface area contributed by atoms with Crippen molar-refractivity contribution in [3.8, 4) is 0 Å². The van der Waals surface area contributed by atoms with Gasteiger partial charge in [-0.2, -0.15) is 0 Å². The van der Waals surface area contributed by atoms with Gasteiger partial charge in [0.05, 0.1) is 4.92 Å². The molecule has 9 heteroatoms. The highest BCUT2D eigenvalue weighted by molar-refractivity contribution is 7.90. The molecule has 1 saturated heterocycles. The van der Waals surface area contributed by atoms with Gasteiger partial charge < -0.3 is 10.2 Å². The third-order valence-electron chi connectivity index (χ3n) is 4.77. The van der Waals surface area contributed by atoms with Crippen molar-refractivity contribution in [2.24, 2.45) is 0 Å². The number of amides is 1. The number of piperidine rings is 1. The van der Waals surface area contributed by atoms with E-state index in [9.17, 15) is 23.3 Å². The maximum atomic E-state index is 12.3. The number of carbonyl (C=O) groups excluding carboxylic acids is 1. The van der Waals surface area contributed by atoms with E-state index in [1.54, 1.807) is 35.2 Å². The summed E-state index contributed by atoms with van der Waals surface area (Å²) < 4.78 is 23.9. The minimum absolute atomic E-state index is 0.0406. The van der Waals surface area contributed by atoms with Crippen LogP contribution in [-0.4, -0.2) is 44.6 Å². The molecule has 2 aromatic rings. The fraction of sp³-hybridized carbons (Fsp3) is 0.316. The normalized spacial score (nSPS) is 15.2. The summed E-state index contributed by atoms with van der Waals surface area (Å²) in [5.74, 6) is -0.149. The Morgan fingerprint density at radius 1 is 1.11 bits per heavy atom. The average Bonchev–Trinajstić information content (AvgIpc) is 2.68. The van der Waals surface area contributed by atoms with Gasteiger partial charge in [0.15, 0.2) is 9.84 Å². The quantitative estimate of drug-likeness (QED) is 0.606. The van der Waals surface area contributed by atoms with E-state index in [0.29, 0.717) is 37.2 Å². The predicted octanol–water partition coefficient (Wildman–Crippen LogP) is 2.40. The van der Waals surface area contributed by atoms with Crippen LogP contribution in [-0.2, 0) is 9.84 Å². The standard InChI is InChI=1S/C19H21N3O5S/c1-28(26,27)17-9-5-8-16(18(17)22(24)25)21-12-10-15(11-13-21)20-19(23)14-6-3-2-4-7-14/h2-9,15H,10-13H2,1H3,(H,20,23). The Morgan fingerprint density at radius 3 is 2.32 bits per heavy atom. The number of nitrogens with zero attached hydrogens (tertiary/aromatic N) is 2. The van der Waals surface area contributed by atoms with Crippen molar-refractivity contribution >= 4 is 27.1 Å². The molecule has 2 aromatic carbocycles. The molecule has 0 spiro atoms. The number of nitro benzene ring substituents is 1. The Kier molecular flexibility index (Phi) is 5.64. The van der Waals surface area contributed by atoms with Crippen LogP contribution < -0.4 is 10.2 Å². The lowest BCUT2D eigenvalue weighted by Crippen LogP contribution is -2.44. The summed E-state index contributed by atoms with van der Waals surface area (Å²) in [4.78, 5) is 24.7. The second-order valence-electron chi connectivity index (χ2n) is 6.75. The number of anilines is 1. The van der Waals surface area contributed by atoms with Crippen LogP contribution in [0.4, 0.5) is 11.4 Å². The van der Waals surface area contributed by atoms with E-state index in [1.807, 2.05) is 6.07 Å². The summed E-state index contributed by atoms with van der Waals surface area (Å²) in [6.45, 7) is 0.960. The lowest BCUT2D eigenvalue weighted by Gasteiger charge is -2.33. The van der Waals surface area contributed by atoms with Crippen LogP contribution in [0.15, 0.2) is 53.4 Å². The first kappa shape index (κ1) is 19.8. The zero-order valence-corrected chi connectivity index (χ0v) is 16.2. The molecule has 1 heterocycles. The molecule has 0 radical (unpaired) electrons. The van der Waals surface area contributed by atoms with Crippen LogP contribution >= 0.6 is 0 Å². The summed E-state index contributed by atoms with van der Waals surface area (Å²) in [7, 11) is -3.72. The molecular formula is C19H21N3O5S. The summed E-state index contributed by atoms with van der Waals surface area (Å²) in [5, 5.41) is 14.5. The summed E-state index contributed by atoms with van der Waals surface area (Å²) >= 11 is 0. The van der Waals surface area contributed by atoms with Crippen molar-refractivity contribution in [1.82, 2.24) is 5.32 Å². The zero-order valence-electron chi connectivity index (χ0n) is 15.4. The summed E-state index contributed by atoms with van der Waals surface area (Å²) in [6.07, 6.45) is 2.18. The third-order valence-corrected chi connectivity index (χ3v) is 5.89. The summed E-state index contributed by atoms with van der Waals surface area (Å²) in [6, 6.07) is 13.2. The molecule has 0 aromatic heterocycles. The molecule has 0 aliphatic carbocycles. The maximum absolute atomic E-state index is 12.3. The van der Waals surface area contributed by atoms with Gasteiger partial charge in [0.2, 0.25) is 0 Å². The fourth-order valence-electron chi connectivity index (χ4n) is 3.37. The molecule has 28 heavy (non-hydrogen) atoms. The molecule has 1 aliphatic rings.